The summed E-state index contributed by atoms with van der Waals surface area (Å²) < 4.78 is 7.78. The van der Waals surface area contributed by atoms with E-state index in [1.54, 1.807) is 35.6 Å². The van der Waals surface area contributed by atoms with Gasteiger partial charge >= 0.3 is 0 Å². The molecule has 4 nitrogen and oxygen atoms in total. The molecule has 5 aromatic rings. The molecule has 0 aliphatic carbocycles. The number of aromatic nitrogens is 1. The van der Waals surface area contributed by atoms with Gasteiger partial charge in [-0.3, -0.25) is 4.79 Å². The first-order valence-electron chi connectivity index (χ1n) is 9.39. The van der Waals surface area contributed by atoms with Crippen LogP contribution < -0.4 is 5.32 Å². The highest BCUT2D eigenvalue weighted by Crippen LogP contribution is 2.36. The first kappa shape index (κ1) is 20.0. The van der Waals surface area contributed by atoms with Crippen LogP contribution in [0.1, 0.15) is 10.6 Å². The van der Waals surface area contributed by atoms with Crippen molar-refractivity contribution in [3.63, 3.8) is 0 Å². The second-order valence-electron chi connectivity index (χ2n) is 6.80. The number of halogens is 2. The third-order valence-electron chi connectivity index (χ3n) is 4.71. The molecule has 0 radical (unpaired) electrons. The molecule has 2 aromatic heterocycles. The van der Waals surface area contributed by atoms with Crippen LogP contribution in [0.2, 0.25) is 5.02 Å². The van der Waals surface area contributed by atoms with E-state index < -0.39 is 0 Å². The van der Waals surface area contributed by atoms with Crippen LogP contribution in [0.25, 0.3) is 32.1 Å². The van der Waals surface area contributed by atoms with Gasteiger partial charge in [-0.25, -0.2) is 4.98 Å². The number of benzene rings is 3. The molecule has 7 heteroatoms. The van der Waals surface area contributed by atoms with Crippen molar-refractivity contribution in [3.8, 4) is 21.9 Å². The number of carbonyl (C=O) groups excluding carboxylic acids is 1. The van der Waals surface area contributed by atoms with E-state index in [9.17, 15) is 4.79 Å². The van der Waals surface area contributed by atoms with Crippen molar-refractivity contribution in [3.05, 3.63) is 94.1 Å². The lowest BCUT2D eigenvalue weighted by Gasteiger charge is -2.09. The molecule has 0 saturated carbocycles. The molecule has 0 atom stereocenters. The van der Waals surface area contributed by atoms with Crippen LogP contribution in [-0.2, 0) is 0 Å². The molecule has 31 heavy (non-hydrogen) atoms. The topological polar surface area (TPSA) is 55.1 Å². The largest absolute Gasteiger partial charge is 0.451 e. The minimum atomic E-state index is -0.329. The van der Waals surface area contributed by atoms with Gasteiger partial charge in [-0.2, -0.15) is 0 Å². The number of carbonyl (C=O) groups is 1. The summed E-state index contributed by atoms with van der Waals surface area (Å²) in [6.07, 6.45) is 0. The predicted molar refractivity (Wildman–Crippen MR) is 130 cm³/mol. The summed E-state index contributed by atoms with van der Waals surface area (Å²) in [5.74, 6) is 0.497. The second-order valence-corrected chi connectivity index (χ2v) is 9.18. The zero-order valence-electron chi connectivity index (χ0n) is 15.9. The molecular weight excluding hydrogens is 496 g/mol. The molecule has 0 fully saturated rings. The van der Waals surface area contributed by atoms with Gasteiger partial charge in [0.25, 0.3) is 5.91 Å². The van der Waals surface area contributed by atoms with Gasteiger partial charge in [-0.15, -0.1) is 11.3 Å². The molecule has 0 saturated heterocycles. The van der Waals surface area contributed by atoms with Crippen molar-refractivity contribution in [1.29, 1.82) is 0 Å². The number of anilines is 1. The minimum absolute atomic E-state index is 0.225. The number of rotatable bonds is 4. The summed E-state index contributed by atoms with van der Waals surface area (Å²) in [6, 6.07) is 24.4. The smallest absolute Gasteiger partial charge is 0.291 e. The highest BCUT2D eigenvalue weighted by atomic mass is 79.9. The number of furan rings is 1. The maximum atomic E-state index is 12.9. The molecule has 0 aliphatic rings. The van der Waals surface area contributed by atoms with E-state index >= 15 is 0 Å². The molecule has 1 amide bonds. The molecular formula is C24H14BrClN2O2S. The van der Waals surface area contributed by atoms with Gasteiger partial charge in [0.2, 0.25) is 0 Å². The second kappa shape index (κ2) is 8.30. The molecule has 1 N–H and O–H groups in total. The van der Waals surface area contributed by atoms with Gasteiger partial charge in [0.1, 0.15) is 10.8 Å². The van der Waals surface area contributed by atoms with Crippen LogP contribution in [0.4, 0.5) is 5.69 Å². The Labute approximate surface area is 195 Å². The Balaban J connectivity index is 1.45. The quantitative estimate of drug-likeness (QED) is 0.268. The lowest BCUT2D eigenvalue weighted by atomic mass is 10.2. The SMILES string of the molecule is O=C(Nc1ccc(Br)cc1-c1nc2ccccc2s1)c1ccc(-c2ccc(Cl)cc2)o1. The predicted octanol–water partition coefficient (Wildman–Crippen LogP) is 7.89. The summed E-state index contributed by atoms with van der Waals surface area (Å²) in [5.41, 5.74) is 3.28. The van der Waals surface area contributed by atoms with Gasteiger partial charge in [-0.1, -0.05) is 39.7 Å². The van der Waals surface area contributed by atoms with Gasteiger partial charge in [0, 0.05) is 20.6 Å². The molecule has 5 rings (SSSR count). The van der Waals surface area contributed by atoms with E-state index in [0.29, 0.717) is 16.5 Å². The monoisotopic (exact) mass is 508 g/mol. The highest BCUT2D eigenvalue weighted by Gasteiger charge is 2.17. The molecule has 0 bridgehead atoms. The average Bonchev–Trinajstić information content (AvgIpc) is 3.43. The fraction of sp³-hybridized carbons (Fsp3) is 0. The third kappa shape index (κ3) is 4.14. The van der Waals surface area contributed by atoms with Crippen LogP contribution in [0, 0.1) is 0 Å². The zero-order valence-corrected chi connectivity index (χ0v) is 19.1. The summed E-state index contributed by atoms with van der Waals surface area (Å²) in [4.78, 5) is 17.6. The van der Waals surface area contributed by atoms with Gasteiger partial charge in [-0.05, 0) is 66.7 Å². The Kier molecular flexibility index (Phi) is 5.36. The van der Waals surface area contributed by atoms with E-state index in [4.69, 9.17) is 21.0 Å². The van der Waals surface area contributed by atoms with Crippen molar-refractivity contribution >= 4 is 60.7 Å². The number of nitrogens with zero attached hydrogens (tertiary/aromatic N) is 1. The van der Waals surface area contributed by atoms with E-state index in [0.717, 1.165) is 30.8 Å². The van der Waals surface area contributed by atoms with Crippen LogP contribution >= 0.6 is 38.9 Å². The summed E-state index contributed by atoms with van der Waals surface area (Å²) >= 11 is 11.0. The number of hydrogen-bond donors (Lipinski definition) is 1. The molecule has 0 spiro atoms. The Morgan fingerprint density at radius 1 is 1.00 bits per heavy atom. The van der Waals surface area contributed by atoms with Gasteiger partial charge in [0.05, 0.1) is 15.9 Å². The highest BCUT2D eigenvalue weighted by molar-refractivity contribution is 9.10. The fourth-order valence-corrected chi connectivity index (χ4v) is 4.69. The van der Waals surface area contributed by atoms with E-state index in [2.05, 4.69) is 21.2 Å². The maximum Gasteiger partial charge on any atom is 0.291 e. The summed E-state index contributed by atoms with van der Waals surface area (Å²) in [5, 5.41) is 4.44. The van der Waals surface area contributed by atoms with Crippen LogP contribution in [-0.4, -0.2) is 10.9 Å². The number of amides is 1. The number of para-hydroxylation sites is 1. The maximum absolute atomic E-state index is 12.9. The third-order valence-corrected chi connectivity index (χ3v) is 6.53. The Hall–Kier alpha value is -2.93. The lowest BCUT2D eigenvalue weighted by Crippen LogP contribution is -2.11. The average molecular weight is 510 g/mol. The Bertz CT molecular complexity index is 1380. The number of thiazole rings is 1. The number of nitrogens with one attached hydrogen (secondary N) is 1. The lowest BCUT2D eigenvalue weighted by molar-refractivity contribution is 0.0997. The Morgan fingerprint density at radius 3 is 2.61 bits per heavy atom. The Morgan fingerprint density at radius 2 is 1.81 bits per heavy atom. The van der Waals surface area contributed by atoms with Crippen molar-refractivity contribution in [2.75, 3.05) is 5.32 Å². The van der Waals surface area contributed by atoms with E-state index in [1.165, 1.54) is 0 Å². The fourth-order valence-electron chi connectivity index (χ4n) is 3.20. The molecule has 0 aliphatic heterocycles. The first-order chi connectivity index (χ1) is 15.1. The van der Waals surface area contributed by atoms with Gasteiger partial charge in [0.15, 0.2) is 5.76 Å². The van der Waals surface area contributed by atoms with Gasteiger partial charge < -0.3 is 9.73 Å². The molecule has 152 valence electrons. The first-order valence-corrected chi connectivity index (χ1v) is 11.4. The van der Waals surface area contributed by atoms with Crippen molar-refractivity contribution in [2.24, 2.45) is 0 Å². The van der Waals surface area contributed by atoms with Crippen LogP contribution in [0.15, 0.2) is 87.8 Å². The minimum Gasteiger partial charge on any atom is -0.451 e. The molecule has 0 unspecified atom stereocenters. The standard InChI is InChI=1S/C24H14BrClN2O2S/c25-15-7-10-18(17(13-15)24-28-19-3-1-2-4-22(19)31-24)27-23(29)21-12-11-20(30-21)14-5-8-16(26)9-6-14/h1-13H,(H,27,29). The number of fused-ring (bicyclic) bond motifs is 1. The molecule has 2 heterocycles. The normalized spacial score (nSPS) is 11.0. The van der Waals surface area contributed by atoms with E-state index in [-0.39, 0.29) is 11.7 Å². The molecule has 3 aromatic carbocycles. The summed E-state index contributed by atoms with van der Waals surface area (Å²) in [7, 11) is 0. The zero-order chi connectivity index (χ0) is 21.4. The van der Waals surface area contributed by atoms with Crippen molar-refractivity contribution in [2.45, 2.75) is 0 Å². The van der Waals surface area contributed by atoms with E-state index in [1.807, 2.05) is 54.6 Å². The number of hydrogen-bond acceptors (Lipinski definition) is 4. The summed E-state index contributed by atoms with van der Waals surface area (Å²) in [6.45, 7) is 0. The van der Waals surface area contributed by atoms with Crippen molar-refractivity contribution in [1.82, 2.24) is 4.98 Å². The van der Waals surface area contributed by atoms with Crippen LogP contribution in [0.5, 0.6) is 0 Å². The van der Waals surface area contributed by atoms with Crippen molar-refractivity contribution < 1.29 is 9.21 Å². The van der Waals surface area contributed by atoms with Crippen LogP contribution in [0.3, 0.4) is 0 Å².